The van der Waals surface area contributed by atoms with Gasteiger partial charge in [0.15, 0.2) is 0 Å². The van der Waals surface area contributed by atoms with E-state index < -0.39 is 5.41 Å². The fraction of sp³-hybridized carbons (Fsp3) is 0.500. The Hall–Kier alpha value is -2.73. The molecular formula is C28H32FN3O2. The Kier molecular flexibility index (Phi) is 5.64. The van der Waals surface area contributed by atoms with Crippen LogP contribution in [0.3, 0.4) is 0 Å². The number of hydrogen-bond donors (Lipinski definition) is 0. The topological polar surface area (TPSA) is 46.8 Å². The molecule has 5 nitrogen and oxygen atoms in total. The standard InChI is InChI=1S/C28H32FN3O2/c29-24-5-2-1-4-21(24)19-28(9-14-34-15-10-28)27(33)32-22-7-8-23(32)17-20(16-22)18-25-26-6-3-12-31(26)13-11-30-25/h1-6,11-13,20,22-23H,7-10,14-19H2/t22-,23-/m0/s1. The second kappa shape index (κ2) is 8.81. The molecule has 0 radical (unpaired) electrons. The number of hydrogen-bond acceptors (Lipinski definition) is 3. The Morgan fingerprint density at radius 3 is 2.59 bits per heavy atom. The number of ether oxygens (including phenoxy) is 1. The van der Waals surface area contributed by atoms with Crippen LogP contribution in [0.4, 0.5) is 4.39 Å². The average Bonchev–Trinajstić information content (AvgIpc) is 3.44. The molecule has 5 heterocycles. The fourth-order valence-corrected chi connectivity index (χ4v) is 6.76. The third-order valence-corrected chi connectivity index (χ3v) is 8.47. The molecule has 2 bridgehead atoms. The molecule has 0 N–H and O–H groups in total. The maximum atomic E-state index is 14.6. The summed E-state index contributed by atoms with van der Waals surface area (Å²) in [7, 11) is 0. The number of halogens is 1. The summed E-state index contributed by atoms with van der Waals surface area (Å²) in [6.07, 6.45) is 12.9. The zero-order valence-electron chi connectivity index (χ0n) is 19.5. The van der Waals surface area contributed by atoms with E-state index in [1.54, 1.807) is 6.07 Å². The summed E-state index contributed by atoms with van der Waals surface area (Å²) >= 11 is 0. The van der Waals surface area contributed by atoms with E-state index in [1.807, 2.05) is 24.5 Å². The number of benzene rings is 1. The van der Waals surface area contributed by atoms with E-state index in [-0.39, 0.29) is 23.8 Å². The summed E-state index contributed by atoms with van der Waals surface area (Å²) in [4.78, 5) is 21.1. The van der Waals surface area contributed by atoms with Crippen molar-refractivity contribution in [3.05, 3.63) is 72.1 Å². The first-order valence-corrected chi connectivity index (χ1v) is 12.7. The number of rotatable bonds is 5. The molecule has 0 aliphatic carbocycles. The Labute approximate surface area is 199 Å². The summed E-state index contributed by atoms with van der Waals surface area (Å²) in [6.45, 7) is 1.14. The minimum Gasteiger partial charge on any atom is -0.381 e. The van der Waals surface area contributed by atoms with E-state index >= 15 is 0 Å². The summed E-state index contributed by atoms with van der Waals surface area (Å²) < 4.78 is 22.3. The second-order valence-electron chi connectivity index (χ2n) is 10.5. The van der Waals surface area contributed by atoms with Crippen molar-refractivity contribution in [2.75, 3.05) is 13.2 Å². The van der Waals surface area contributed by atoms with Crippen molar-refractivity contribution in [3.8, 4) is 0 Å². The van der Waals surface area contributed by atoms with Gasteiger partial charge in [-0.05, 0) is 81.0 Å². The predicted molar refractivity (Wildman–Crippen MR) is 128 cm³/mol. The minimum absolute atomic E-state index is 0.213. The molecule has 6 heteroatoms. The van der Waals surface area contributed by atoms with Gasteiger partial charge in [0.2, 0.25) is 5.91 Å². The zero-order chi connectivity index (χ0) is 23.1. The van der Waals surface area contributed by atoms with Crippen molar-refractivity contribution in [1.82, 2.24) is 14.3 Å². The lowest BCUT2D eigenvalue weighted by molar-refractivity contribution is -0.153. The van der Waals surface area contributed by atoms with Gasteiger partial charge in [0, 0.05) is 43.9 Å². The summed E-state index contributed by atoms with van der Waals surface area (Å²) in [5.41, 5.74) is 2.41. The van der Waals surface area contributed by atoms with E-state index in [2.05, 4.69) is 32.6 Å². The van der Waals surface area contributed by atoms with Crippen LogP contribution in [-0.4, -0.2) is 45.5 Å². The molecule has 34 heavy (non-hydrogen) atoms. The molecule has 3 aliphatic rings. The molecule has 3 aliphatic heterocycles. The number of piperidine rings is 1. The number of carbonyl (C=O) groups is 1. The first kappa shape index (κ1) is 21.8. The first-order chi connectivity index (χ1) is 16.6. The molecule has 2 atom stereocenters. The van der Waals surface area contributed by atoms with E-state index in [1.165, 1.54) is 11.6 Å². The molecule has 0 spiro atoms. The van der Waals surface area contributed by atoms with Gasteiger partial charge >= 0.3 is 0 Å². The third-order valence-electron chi connectivity index (χ3n) is 8.47. The van der Waals surface area contributed by atoms with Gasteiger partial charge in [0.05, 0.1) is 16.6 Å². The highest BCUT2D eigenvalue weighted by molar-refractivity contribution is 5.84. The van der Waals surface area contributed by atoms with Crippen LogP contribution >= 0.6 is 0 Å². The lowest BCUT2D eigenvalue weighted by Crippen LogP contribution is -2.55. The Morgan fingerprint density at radius 1 is 1.06 bits per heavy atom. The summed E-state index contributed by atoms with van der Waals surface area (Å²) in [6, 6.07) is 11.7. The average molecular weight is 462 g/mol. The fourth-order valence-electron chi connectivity index (χ4n) is 6.76. The van der Waals surface area contributed by atoms with Crippen molar-refractivity contribution < 1.29 is 13.9 Å². The van der Waals surface area contributed by atoms with Gasteiger partial charge in [0.1, 0.15) is 5.82 Å². The van der Waals surface area contributed by atoms with E-state index in [4.69, 9.17) is 4.74 Å². The molecule has 2 aromatic heterocycles. The van der Waals surface area contributed by atoms with Gasteiger partial charge in [0.25, 0.3) is 0 Å². The van der Waals surface area contributed by atoms with E-state index in [0.717, 1.165) is 37.8 Å². The van der Waals surface area contributed by atoms with Crippen LogP contribution in [-0.2, 0) is 22.4 Å². The highest BCUT2D eigenvalue weighted by atomic mass is 19.1. The molecular weight excluding hydrogens is 429 g/mol. The number of nitrogens with zero attached hydrogens (tertiary/aromatic N) is 3. The lowest BCUT2D eigenvalue weighted by atomic mass is 9.73. The molecule has 3 saturated heterocycles. The van der Waals surface area contributed by atoms with Crippen LogP contribution in [0, 0.1) is 17.2 Å². The van der Waals surface area contributed by atoms with Crippen LogP contribution in [0.2, 0.25) is 0 Å². The Morgan fingerprint density at radius 2 is 1.82 bits per heavy atom. The molecule has 3 aromatic rings. The molecule has 3 fully saturated rings. The third kappa shape index (κ3) is 3.82. The summed E-state index contributed by atoms with van der Waals surface area (Å²) in [5.74, 6) is 0.555. The van der Waals surface area contributed by atoms with Crippen LogP contribution in [0.1, 0.15) is 49.8 Å². The first-order valence-electron chi connectivity index (χ1n) is 12.7. The van der Waals surface area contributed by atoms with Crippen molar-refractivity contribution >= 4 is 11.4 Å². The molecule has 0 saturated carbocycles. The van der Waals surface area contributed by atoms with Crippen LogP contribution in [0.15, 0.2) is 55.0 Å². The highest BCUT2D eigenvalue weighted by Gasteiger charge is 2.50. The molecule has 6 rings (SSSR count). The molecule has 0 unspecified atom stereocenters. The van der Waals surface area contributed by atoms with Crippen LogP contribution in [0.25, 0.3) is 5.52 Å². The van der Waals surface area contributed by atoms with Crippen molar-refractivity contribution in [2.45, 2.75) is 63.5 Å². The van der Waals surface area contributed by atoms with Gasteiger partial charge in [-0.2, -0.15) is 0 Å². The van der Waals surface area contributed by atoms with Crippen LogP contribution < -0.4 is 0 Å². The van der Waals surface area contributed by atoms with Gasteiger partial charge in [-0.15, -0.1) is 0 Å². The number of aromatic nitrogens is 2. The van der Waals surface area contributed by atoms with Gasteiger partial charge in [-0.25, -0.2) is 4.39 Å². The van der Waals surface area contributed by atoms with Crippen molar-refractivity contribution in [2.24, 2.45) is 11.3 Å². The van der Waals surface area contributed by atoms with Crippen molar-refractivity contribution in [1.29, 1.82) is 0 Å². The number of fused-ring (bicyclic) bond motifs is 3. The SMILES string of the molecule is O=C(N1[C@H]2CC[C@H]1CC(Cc1nccn3cccc13)C2)C1(Cc2ccccc2F)CCOCC1. The summed E-state index contributed by atoms with van der Waals surface area (Å²) in [5, 5.41) is 0. The smallest absolute Gasteiger partial charge is 0.229 e. The normalized spacial score (nSPS) is 26.1. The van der Waals surface area contributed by atoms with Crippen LogP contribution in [0.5, 0.6) is 0 Å². The van der Waals surface area contributed by atoms with Gasteiger partial charge < -0.3 is 14.0 Å². The largest absolute Gasteiger partial charge is 0.381 e. The molecule has 178 valence electrons. The Bertz CT molecular complexity index is 1170. The number of carbonyl (C=O) groups excluding carboxylic acids is 1. The Balaban J connectivity index is 1.22. The monoisotopic (exact) mass is 461 g/mol. The quantitative estimate of drug-likeness (QED) is 0.547. The van der Waals surface area contributed by atoms with E-state index in [9.17, 15) is 9.18 Å². The van der Waals surface area contributed by atoms with Crippen molar-refractivity contribution in [3.63, 3.8) is 0 Å². The minimum atomic E-state index is -0.562. The molecule has 1 amide bonds. The zero-order valence-corrected chi connectivity index (χ0v) is 19.5. The highest BCUT2D eigenvalue weighted by Crippen LogP contribution is 2.45. The lowest BCUT2D eigenvalue weighted by Gasteiger charge is -2.46. The van der Waals surface area contributed by atoms with Gasteiger partial charge in [-0.1, -0.05) is 18.2 Å². The number of amides is 1. The van der Waals surface area contributed by atoms with E-state index in [0.29, 0.717) is 44.0 Å². The maximum Gasteiger partial charge on any atom is 0.229 e. The van der Waals surface area contributed by atoms with Gasteiger partial charge in [-0.3, -0.25) is 9.78 Å². The predicted octanol–water partition coefficient (Wildman–Crippen LogP) is 4.83. The second-order valence-corrected chi connectivity index (χ2v) is 10.5. The maximum absolute atomic E-state index is 14.6. The molecule has 1 aromatic carbocycles.